The van der Waals surface area contributed by atoms with Crippen molar-refractivity contribution in [2.45, 2.75) is 174 Å². The zero-order valence-electron chi connectivity index (χ0n) is 26.4. The highest BCUT2D eigenvalue weighted by Gasteiger charge is 2.45. The maximum absolute atomic E-state index is 11.2. The van der Waals surface area contributed by atoms with Crippen LogP contribution in [0.2, 0.25) is 18.1 Å². The number of carbonyl (C=O) groups is 1. The number of rotatable bonds is 18. The van der Waals surface area contributed by atoms with Crippen LogP contribution in [-0.2, 0) is 18.7 Å². The molecule has 1 aliphatic heterocycles. The Morgan fingerprint density at radius 1 is 1.03 bits per heavy atom. The van der Waals surface area contributed by atoms with Gasteiger partial charge in [0.05, 0.1) is 12.2 Å². The second-order valence-electron chi connectivity index (χ2n) is 14.1. The van der Waals surface area contributed by atoms with Crippen LogP contribution in [-0.4, -0.2) is 55.7 Å². The molecule has 0 radical (unpaired) electrons. The van der Waals surface area contributed by atoms with Crippen molar-refractivity contribution in [3.05, 3.63) is 0 Å². The predicted molar refractivity (Wildman–Crippen MR) is 161 cm³/mol. The van der Waals surface area contributed by atoms with Gasteiger partial charge in [-0.2, -0.15) is 0 Å². The van der Waals surface area contributed by atoms with Gasteiger partial charge in [0.1, 0.15) is 0 Å². The third-order valence-corrected chi connectivity index (χ3v) is 14.3. The van der Waals surface area contributed by atoms with E-state index < -0.39 is 14.3 Å². The summed E-state index contributed by atoms with van der Waals surface area (Å²) < 4.78 is 19.6. The largest absolute Gasteiger partial charge is 0.481 e. The van der Waals surface area contributed by atoms with E-state index >= 15 is 0 Å². The number of hydrogen-bond donors (Lipinski definition) is 2. The highest BCUT2D eigenvalue weighted by molar-refractivity contribution is 6.74. The summed E-state index contributed by atoms with van der Waals surface area (Å²) in [4.78, 5) is 10.8. The first-order chi connectivity index (χ1) is 18.4. The van der Waals surface area contributed by atoms with Crippen LogP contribution in [0.4, 0.5) is 0 Å². The van der Waals surface area contributed by atoms with Crippen molar-refractivity contribution >= 4 is 14.3 Å². The van der Waals surface area contributed by atoms with Crippen LogP contribution >= 0.6 is 0 Å². The summed E-state index contributed by atoms with van der Waals surface area (Å²) in [6.45, 7) is 17.1. The Balaban J connectivity index is 2.11. The van der Waals surface area contributed by atoms with Crippen molar-refractivity contribution in [2.75, 3.05) is 6.61 Å². The predicted octanol–water partition coefficient (Wildman–Crippen LogP) is 8.32. The Hall–Kier alpha value is -0.473. The fourth-order valence-electron chi connectivity index (χ4n) is 6.22. The number of ether oxygens (including phenoxy) is 2. The summed E-state index contributed by atoms with van der Waals surface area (Å²) >= 11 is 0. The molecule has 1 saturated heterocycles. The van der Waals surface area contributed by atoms with Gasteiger partial charge in [-0.25, -0.2) is 0 Å². The lowest BCUT2D eigenvalue weighted by atomic mass is 9.83. The van der Waals surface area contributed by atoms with Gasteiger partial charge in [0.2, 0.25) is 0 Å². The third-order valence-electron chi connectivity index (χ3n) is 9.82. The minimum absolute atomic E-state index is 0.0274. The minimum Gasteiger partial charge on any atom is -0.481 e. The summed E-state index contributed by atoms with van der Waals surface area (Å²) in [6.07, 6.45) is 14.2. The molecule has 0 aromatic heterocycles. The summed E-state index contributed by atoms with van der Waals surface area (Å²) in [5.41, 5.74) is 0. The molecule has 1 heterocycles. The van der Waals surface area contributed by atoms with Gasteiger partial charge in [-0.1, -0.05) is 66.7 Å². The second-order valence-corrected chi connectivity index (χ2v) is 18.8. The van der Waals surface area contributed by atoms with Crippen LogP contribution in [0.5, 0.6) is 0 Å². The zero-order valence-corrected chi connectivity index (χ0v) is 27.4. The Morgan fingerprint density at radius 2 is 1.74 bits per heavy atom. The van der Waals surface area contributed by atoms with Gasteiger partial charge >= 0.3 is 5.97 Å². The summed E-state index contributed by atoms with van der Waals surface area (Å²) in [6, 6.07) is 0. The molecule has 3 unspecified atom stereocenters. The van der Waals surface area contributed by atoms with E-state index in [9.17, 15) is 9.90 Å². The van der Waals surface area contributed by atoms with Gasteiger partial charge in [0.15, 0.2) is 14.6 Å². The van der Waals surface area contributed by atoms with Crippen molar-refractivity contribution in [3.8, 4) is 0 Å². The fourth-order valence-corrected chi connectivity index (χ4v) is 7.68. The molecule has 0 bridgehead atoms. The lowest BCUT2D eigenvalue weighted by molar-refractivity contribution is -0.196. The summed E-state index contributed by atoms with van der Waals surface area (Å²) in [5, 5.41) is 20.3. The topological polar surface area (TPSA) is 85.2 Å². The third kappa shape index (κ3) is 11.7. The number of aliphatic hydroxyl groups excluding tert-OH is 1. The van der Waals surface area contributed by atoms with Crippen molar-refractivity contribution in [2.24, 2.45) is 17.8 Å². The molecule has 7 heteroatoms. The van der Waals surface area contributed by atoms with Crippen molar-refractivity contribution < 1.29 is 28.9 Å². The molecule has 2 N–H and O–H groups in total. The van der Waals surface area contributed by atoms with Crippen LogP contribution in [0.3, 0.4) is 0 Å². The quantitative estimate of drug-likeness (QED) is 0.127. The standard InChI is InChI=1S/C32H62O6Si/c1-8-9-16-24(2)28(38-39(6,7)32(3,4)5)21-20-26-25(17-12-10-11-13-18-30(34)35)27(33)23-29(26)37-31-19-14-15-22-36-31/h24-29,31,33H,8-23H2,1-7H3,(H,34,35)/t24?,25-,26-,27+,28+,29?,31?/m1/s1. The van der Waals surface area contributed by atoms with Gasteiger partial charge in [-0.05, 0) is 87.3 Å². The molecule has 2 aliphatic rings. The van der Waals surface area contributed by atoms with Gasteiger partial charge in [0, 0.05) is 25.6 Å². The number of aliphatic carboxylic acids is 1. The fraction of sp³-hybridized carbons (Fsp3) is 0.969. The Bertz CT molecular complexity index is 687. The van der Waals surface area contributed by atoms with Crippen LogP contribution in [0.25, 0.3) is 0 Å². The molecule has 0 spiro atoms. The van der Waals surface area contributed by atoms with E-state index in [-0.39, 0.29) is 42.0 Å². The van der Waals surface area contributed by atoms with E-state index in [4.69, 9.17) is 19.0 Å². The molecule has 7 atom stereocenters. The first-order valence-electron chi connectivity index (χ1n) is 16.2. The zero-order chi connectivity index (χ0) is 29.1. The summed E-state index contributed by atoms with van der Waals surface area (Å²) in [5.74, 6) is 0.318. The lowest BCUT2D eigenvalue weighted by Gasteiger charge is -2.41. The molecular formula is C32H62O6Si. The van der Waals surface area contributed by atoms with Crippen LogP contribution < -0.4 is 0 Å². The highest BCUT2D eigenvalue weighted by Crippen LogP contribution is 2.44. The minimum atomic E-state index is -1.91. The number of aliphatic hydroxyl groups is 1. The molecule has 1 aliphatic carbocycles. The van der Waals surface area contributed by atoms with E-state index in [1.54, 1.807) is 0 Å². The maximum atomic E-state index is 11.2. The Labute approximate surface area is 241 Å². The van der Waals surface area contributed by atoms with E-state index in [1.165, 1.54) is 19.3 Å². The van der Waals surface area contributed by atoms with E-state index in [0.29, 0.717) is 18.3 Å². The Kier molecular flexibility index (Phi) is 15.0. The molecule has 230 valence electrons. The van der Waals surface area contributed by atoms with Gasteiger partial charge < -0.3 is 24.1 Å². The van der Waals surface area contributed by atoms with Crippen molar-refractivity contribution in [1.82, 2.24) is 0 Å². The van der Waals surface area contributed by atoms with Gasteiger partial charge in [-0.3, -0.25) is 4.79 Å². The van der Waals surface area contributed by atoms with Crippen LogP contribution in [0.15, 0.2) is 0 Å². The van der Waals surface area contributed by atoms with Crippen LogP contribution in [0, 0.1) is 17.8 Å². The highest BCUT2D eigenvalue weighted by atomic mass is 28.4. The van der Waals surface area contributed by atoms with Crippen LogP contribution in [0.1, 0.15) is 131 Å². The molecule has 1 saturated carbocycles. The van der Waals surface area contributed by atoms with E-state index in [2.05, 4.69) is 47.7 Å². The van der Waals surface area contributed by atoms with E-state index in [0.717, 1.165) is 70.8 Å². The lowest BCUT2D eigenvalue weighted by Crippen LogP contribution is -2.45. The molecule has 0 amide bonds. The molecule has 6 nitrogen and oxygen atoms in total. The first-order valence-corrected chi connectivity index (χ1v) is 19.1. The molecule has 0 aromatic rings. The number of hydrogen-bond acceptors (Lipinski definition) is 5. The van der Waals surface area contributed by atoms with Gasteiger partial charge in [-0.15, -0.1) is 0 Å². The number of unbranched alkanes of at least 4 members (excludes halogenated alkanes) is 4. The number of carboxylic acids is 1. The first kappa shape index (κ1) is 34.7. The molecule has 2 fully saturated rings. The average molecular weight is 571 g/mol. The normalized spacial score (nSPS) is 27.9. The maximum Gasteiger partial charge on any atom is 0.303 e. The van der Waals surface area contributed by atoms with Gasteiger partial charge in [0.25, 0.3) is 0 Å². The Morgan fingerprint density at radius 3 is 2.36 bits per heavy atom. The monoisotopic (exact) mass is 570 g/mol. The van der Waals surface area contributed by atoms with Crippen molar-refractivity contribution in [3.63, 3.8) is 0 Å². The average Bonchev–Trinajstić information content (AvgIpc) is 3.15. The smallest absolute Gasteiger partial charge is 0.303 e. The van der Waals surface area contributed by atoms with E-state index in [1.807, 2.05) is 0 Å². The SMILES string of the molecule is CCCCC(C)[C@H](CC[C@H]1C(OC2CCCCO2)C[C@H](O)[C@@H]1CCCCCCC(=O)O)O[Si](C)(C)C(C)(C)C. The second kappa shape index (κ2) is 16.8. The molecule has 2 rings (SSSR count). The molecule has 39 heavy (non-hydrogen) atoms. The van der Waals surface area contributed by atoms with Crippen molar-refractivity contribution in [1.29, 1.82) is 0 Å². The summed E-state index contributed by atoms with van der Waals surface area (Å²) in [7, 11) is -1.91. The molecule has 0 aromatic carbocycles. The number of carboxylic acid groups (broad SMARTS) is 1. The molecular weight excluding hydrogens is 508 g/mol.